The maximum Gasteiger partial charge on any atom is 0.257 e. The van der Waals surface area contributed by atoms with Crippen LogP contribution in [0.4, 0.5) is 0 Å². The fourth-order valence-electron chi connectivity index (χ4n) is 2.40. The molecule has 0 fully saturated rings. The van der Waals surface area contributed by atoms with Gasteiger partial charge >= 0.3 is 0 Å². The van der Waals surface area contributed by atoms with Crippen LogP contribution in [0.3, 0.4) is 0 Å². The molecule has 2 N–H and O–H groups in total. The highest BCUT2D eigenvalue weighted by Crippen LogP contribution is 2.24. The lowest BCUT2D eigenvalue weighted by atomic mass is 10.1. The molecule has 2 aromatic rings. The zero-order valence-electron chi connectivity index (χ0n) is 14.1. The predicted octanol–water partition coefficient (Wildman–Crippen LogP) is 3.51. The average molecular weight is 347 g/mol. The quantitative estimate of drug-likeness (QED) is 0.834. The Balaban J connectivity index is 2.15. The Morgan fingerprint density at radius 3 is 2.46 bits per heavy atom. The van der Waals surface area contributed by atoms with Crippen LogP contribution in [-0.4, -0.2) is 31.0 Å². The molecule has 2 aromatic carbocycles. The minimum atomic E-state index is -0.135. The summed E-state index contributed by atoms with van der Waals surface area (Å²) >= 11 is 6.04. The molecule has 0 spiro atoms. The molecule has 4 nitrogen and oxygen atoms in total. The lowest BCUT2D eigenvalue weighted by Crippen LogP contribution is -2.27. The second-order valence-corrected chi connectivity index (χ2v) is 6.05. The van der Waals surface area contributed by atoms with Gasteiger partial charge in [-0.25, -0.2) is 0 Å². The third-order valence-electron chi connectivity index (χ3n) is 3.75. The molecule has 1 amide bonds. The molecule has 0 aliphatic heterocycles. The number of nitrogens with zero attached hydrogens (tertiary/aromatic N) is 1. The number of amides is 1. The van der Waals surface area contributed by atoms with Gasteiger partial charge in [-0.2, -0.15) is 0 Å². The van der Waals surface area contributed by atoms with Crippen molar-refractivity contribution in [1.29, 1.82) is 0 Å². The molecule has 0 atom stereocenters. The van der Waals surface area contributed by atoms with E-state index in [0.717, 1.165) is 12.0 Å². The van der Waals surface area contributed by atoms with Crippen LogP contribution in [0.25, 0.3) is 0 Å². The van der Waals surface area contributed by atoms with Gasteiger partial charge in [0.25, 0.3) is 5.91 Å². The number of rotatable bonds is 7. The summed E-state index contributed by atoms with van der Waals surface area (Å²) < 4.78 is 5.56. The van der Waals surface area contributed by atoms with Crippen molar-refractivity contribution in [2.75, 3.05) is 20.2 Å². The Bertz CT molecular complexity index is 686. The number of carbonyl (C=O) groups excluding carboxylic acids is 1. The molecule has 24 heavy (non-hydrogen) atoms. The minimum absolute atomic E-state index is 0.135. The number of nitrogens with two attached hydrogens (primary N) is 1. The summed E-state index contributed by atoms with van der Waals surface area (Å²) in [5.74, 6) is 0.368. The van der Waals surface area contributed by atoms with Gasteiger partial charge < -0.3 is 15.4 Å². The maximum absolute atomic E-state index is 12.8. The van der Waals surface area contributed by atoms with Crippen molar-refractivity contribution in [2.24, 2.45) is 5.73 Å². The summed E-state index contributed by atoms with van der Waals surface area (Å²) in [6.07, 6.45) is 0.999. The van der Waals surface area contributed by atoms with Gasteiger partial charge in [0.05, 0.1) is 5.56 Å². The lowest BCUT2D eigenvalue weighted by molar-refractivity contribution is 0.0780. The summed E-state index contributed by atoms with van der Waals surface area (Å²) in [6, 6.07) is 13.3. The van der Waals surface area contributed by atoms with Gasteiger partial charge in [-0.15, -0.1) is 0 Å². The number of benzene rings is 2. The molecule has 0 heterocycles. The van der Waals surface area contributed by atoms with Crippen molar-refractivity contribution in [1.82, 2.24) is 4.90 Å². The fraction of sp³-hybridized carbons (Fsp3) is 0.316. The van der Waals surface area contributed by atoms with Crippen molar-refractivity contribution >= 4 is 17.5 Å². The molecule has 0 radical (unpaired) electrons. The Morgan fingerprint density at radius 2 is 1.83 bits per heavy atom. The van der Waals surface area contributed by atoms with Crippen molar-refractivity contribution in [3.8, 4) is 5.75 Å². The first kappa shape index (κ1) is 18.3. The highest BCUT2D eigenvalue weighted by Gasteiger charge is 2.18. The number of halogens is 1. The monoisotopic (exact) mass is 346 g/mol. The number of carbonyl (C=O) groups is 1. The fourth-order valence-corrected chi connectivity index (χ4v) is 2.57. The summed E-state index contributed by atoms with van der Waals surface area (Å²) in [5.41, 5.74) is 8.28. The molecule has 0 unspecified atom stereocenters. The molecular formula is C19H23ClN2O2. The molecule has 2 rings (SSSR count). The van der Waals surface area contributed by atoms with Crippen LogP contribution in [0.5, 0.6) is 5.75 Å². The van der Waals surface area contributed by atoms with Crippen LogP contribution < -0.4 is 10.5 Å². The SMILES string of the molecule is CCc1ccc(CN(C)C(=O)c2cc(Cl)ccc2OCCN)cc1. The van der Waals surface area contributed by atoms with E-state index in [9.17, 15) is 4.79 Å². The molecular weight excluding hydrogens is 324 g/mol. The molecule has 128 valence electrons. The lowest BCUT2D eigenvalue weighted by Gasteiger charge is -2.19. The predicted molar refractivity (Wildman–Crippen MR) is 97.6 cm³/mol. The Kier molecular flexibility index (Phi) is 6.64. The Labute approximate surface area is 148 Å². The second-order valence-electron chi connectivity index (χ2n) is 5.61. The molecule has 0 aromatic heterocycles. The van der Waals surface area contributed by atoms with Gasteiger partial charge in [0, 0.05) is 25.2 Å². The smallest absolute Gasteiger partial charge is 0.257 e. The first-order valence-corrected chi connectivity index (χ1v) is 8.38. The van der Waals surface area contributed by atoms with E-state index in [1.807, 2.05) is 12.1 Å². The third kappa shape index (κ3) is 4.73. The first-order valence-electron chi connectivity index (χ1n) is 8.00. The number of aryl methyl sites for hydroxylation is 1. The van der Waals surface area contributed by atoms with Gasteiger partial charge in [0.2, 0.25) is 0 Å². The largest absolute Gasteiger partial charge is 0.491 e. The zero-order chi connectivity index (χ0) is 17.5. The van der Waals surface area contributed by atoms with E-state index in [2.05, 4.69) is 19.1 Å². The second kappa shape index (κ2) is 8.71. The molecule has 0 aliphatic rings. The molecule has 0 bridgehead atoms. The Morgan fingerprint density at radius 1 is 1.17 bits per heavy atom. The topological polar surface area (TPSA) is 55.6 Å². The van der Waals surface area contributed by atoms with Crippen molar-refractivity contribution in [3.63, 3.8) is 0 Å². The van der Waals surface area contributed by atoms with E-state index in [0.29, 0.717) is 36.0 Å². The number of hydrogen-bond acceptors (Lipinski definition) is 3. The summed E-state index contributed by atoms with van der Waals surface area (Å²) in [7, 11) is 1.77. The van der Waals surface area contributed by atoms with E-state index < -0.39 is 0 Å². The zero-order valence-corrected chi connectivity index (χ0v) is 14.8. The van der Waals surface area contributed by atoms with Gasteiger partial charge in [-0.05, 0) is 35.7 Å². The summed E-state index contributed by atoms with van der Waals surface area (Å²) in [6.45, 7) is 3.37. The van der Waals surface area contributed by atoms with Gasteiger partial charge in [0.15, 0.2) is 0 Å². The average Bonchev–Trinajstić information content (AvgIpc) is 2.60. The normalized spacial score (nSPS) is 10.5. The summed E-state index contributed by atoms with van der Waals surface area (Å²) in [4.78, 5) is 14.4. The van der Waals surface area contributed by atoms with E-state index in [1.54, 1.807) is 30.1 Å². The van der Waals surface area contributed by atoms with Crippen LogP contribution >= 0.6 is 11.6 Å². The Hall–Kier alpha value is -2.04. The first-order chi connectivity index (χ1) is 11.5. The third-order valence-corrected chi connectivity index (χ3v) is 3.98. The van der Waals surface area contributed by atoms with E-state index >= 15 is 0 Å². The van der Waals surface area contributed by atoms with Crippen LogP contribution in [0.1, 0.15) is 28.4 Å². The number of hydrogen-bond donors (Lipinski definition) is 1. The van der Waals surface area contributed by atoms with Gasteiger partial charge in [-0.3, -0.25) is 4.79 Å². The molecule has 0 saturated heterocycles. The van der Waals surface area contributed by atoms with Crippen molar-refractivity contribution < 1.29 is 9.53 Å². The summed E-state index contributed by atoms with van der Waals surface area (Å²) in [5, 5.41) is 0.499. The minimum Gasteiger partial charge on any atom is -0.491 e. The maximum atomic E-state index is 12.8. The van der Waals surface area contributed by atoms with Crippen LogP contribution in [0, 0.1) is 0 Å². The number of ether oxygens (including phenoxy) is 1. The van der Waals surface area contributed by atoms with Gasteiger partial charge in [-0.1, -0.05) is 42.8 Å². The van der Waals surface area contributed by atoms with E-state index in [4.69, 9.17) is 22.1 Å². The highest BCUT2D eigenvalue weighted by molar-refractivity contribution is 6.31. The van der Waals surface area contributed by atoms with Crippen LogP contribution in [-0.2, 0) is 13.0 Å². The van der Waals surface area contributed by atoms with Crippen LogP contribution in [0.2, 0.25) is 5.02 Å². The standard InChI is InChI=1S/C19H23ClN2O2/c1-3-14-4-6-15(7-5-14)13-22(2)19(23)17-12-16(20)8-9-18(17)24-11-10-21/h4-9,12H,3,10-11,13,21H2,1-2H3. The molecule has 5 heteroatoms. The van der Waals surface area contributed by atoms with Crippen molar-refractivity contribution in [2.45, 2.75) is 19.9 Å². The molecule has 0 aliphatic carbocycles. The van der Waals surface area contributed by atoms with E-state index in [-0.39, 0.29) is 5.91 Å². The van der Waals surface area contributed by atoms with Gasteiger partial charge in [0.1, 0.15) is 12.4 Å². The van der Waals surface area contributed by atoms with E-state index in [1.165, 1.54) is 5.56 Å². The molecule has 0 saturated carbocycles. The van der Waals surface area contributed by atoms with Crippen molar-refractivity contribution in [3.05, 3.63) is 64.2 Å². The highest BCUT2D eigenvalue weighted by atomic mass is 35.5. The van der Waals surface area contributed by atoms with Crippen LogP contribution in [0.15, 0.2) is 42.5 Å².